The van der Waals surface area contributed by atoms with Crippen LogP contribution in [-0.4, -0.2) is 77.9 Å². The number of hydrogen-bond acceptors (Lipinski definition) is 7. The topological polar surface area (TPSA) is 86.6 Å². The second-order valence-corrected chi connectivity index (χ2v) is 16.4. The fourth-order valence-electron chi connectivity index (χ4n) is 6.97. The summed E-state index contributed by atoms with van der Waals surface area (Å²) in [5, 5.41) is 9.88. The van der Waals surface area contributed by atoms with Gasteiger partial charge in [-0.15, -0.1) is 0 Å². The highest BCUT2D eigenvalue weighted by molar-refractivity contribution is 7.88. The Hall–Kier alpha value is -4.21. The van der Waals surface area contributed by atoms with Crippen LogP contribution in [0.3, 0.4) is 0 Å². The molecule has 0 spiro atoms. The average molecular weight is 769 g/mol. The second-order valence-electron chi connectivity index (χ2n) is 13.6. The van der Waals surface area contributed by atoms with E-state index in [1.54, 1.807) is 4.31 Å². The number of aromatic nitrogens is 3. The largest absolute Gasteiger partial charge is 0.354 e. The minimum absolute atomic E-state index is 0.293. The van der Waals surface area contributed by atoms with Crippen molar-refractivity contribution in [1.82, 2.24) is 29.3 Å². The first kappa shape index (κ1) is 37.1. The van der Waals surface area contributed by atoms with E-state index in [0.29, 0.717) is 36.6 Å². The summed E-state index contributed by atoms with van der Waals surface area (Å²) < 4.78 is 28.9. The summed E-state index contributed by atoms with van der Waals surface area (Å²) in [6, 6.07) is 27.8. The van der Waals surface area contributed by atoms with Crippen LogP contribution in [0.4, 0.5) is 5.82 Å². The number of rotatable bonds is 11. The molecule has 1 N–H and O–H groups in total. The normalized spacial score (nSPS) is 15.2. The smallest absolute Gasteiger partial charge is 0.211 e. The van der Waals surface area contributed by atoms with E-state index in [1.165, 1.54) is 11.8 Å². The summed E-state index contributed by atoms with van der Waals surface area (Å²) in [6.45, 7) is 7.79. The number of nitrogens with zero attached hydrogens (tertiary/aromatic N) is 6. The van der Waals surface area contributed by atoms with Crippen LogP contribution in [0.1, 0.15) is 39.9 Å². The highest BCUT2D eigenvalue weighted by Crippen LogP contribution is 2.33. The molecule has 12 heteroatoms. The molecule has 5 aromatic rings. The van der Waals surface area contributed by atoms with Crippen LogP contribution in [0.25, 0.3) is 11.3 Å². The van der Waals surface area contributed by atoms with Crippen LogP contribution in [0, 0.1) is 11.8 Å². The van der Waals surface area contributed by atoms with Crippen molar-refractivity contribution in [3.8, 4) is 23.1 Å². The number of fused-ring (bicyclic) bond motifs is 1. The van der Waals surface area contributed by atoms with Gasteiger partial charge in [0.1, 0.15) is 5.82 Å². The minimum Gasteiger partial charge on any atom is -0.354 e. The third kappa shape index (κ3) is 9.48. The highest BCUT2D eigenvalue weighted by Gasteiger charge is 2.30. The summed E-state index contributed by atoms with van der Waals surface area (Å²) in [4.78, 5) is 9.35. The van der Waals surface area contributed by atoms with E-state index < -0.39 is 10.0 Å². The van der Waals surface area contributed by atoms with Gasteiger partial charge in [-0.1, -0.05) is 71.4 Å². The first-order chi connectivity index (χ1) is 25.7. The van der Waals surface area contributed by atoms with Crippen LogP contribution < -0.4 is 10.2 Å². The van der Waals surface area contributed by atoms with E-state index in [2.05, 4.69) is 54.8 Å². The Bertz CT molecular complexity index is 2210. The molecule has 0 aliphatic carbocycles. The maximum atomic E-state index is 12.6. The molecule has 2 aliphatic rings. The van der Waals surface area contributed by atoms with Gasteiger partial charge >= 0.3 is 0 Å². The number of benzene rings is 3. The number of nitrogens with one attached hydrogen (secondary N) is 1. The number of piperazine rings is 1. The van der Waals surface area contributed by atoms with E-state index in [0.717, 1.165) is 96.7 Å². The predicted molar refractivity (Wildman–Crippen MR) is 214 cm³/mol. The lowest BCUT2D eigenvalue weighted by atomic mass is 10.0. The van der Waals surface area contributed by atoms with Crippen LogP contribution >= 0.6 is 23.2 Å². The van der Waals surface area contributed by atoms with E-state index in [9.17, 15) is 8.42 Å². The lowest BCUT2D eigenvalue weighted by Gasteiger charge is -2.35. The molecule has 9 nitrogen and oxygen atoms in total. The summed E-state index contributed by atoms with van der Waals surface area (Å²) in [5.41, 5.74) is 7.59. The second kappa shape index (κ2) is 16.9. The van der Waals surface area contributed by atoms with Crippen LogP contribution in [0.5, 0.6) is 0 Å². The highest BCUT2D eigenvalue weighted by atomic mass is 35.5. The van der Waals surface area contributed by atoms with E-state index in [-0.39, 0.29) is 0 Å². The van der Waals surface area contributed by atoms with Gasteiger partial charge in [0, 0.05) is 111 Å². The lowest BCUT2D eigenvalue weighted by Crippen LogP contribution is -2.47. The van der Waals surface area contributed by atoms with Gasteiger partial charge in [-0.05, 0) is 66.1 Å². The first-order valence-electron chi connectivity index (χ1n) is 18.0. The predicted octanol–water partition coefficient (Wildman–Crippen LogP) is 6.47. The van der Waals surface area contributed by atoms with Gasteiger partial charge in [0.25, 0.3) is 0 Å². The summed E-state index contributed by atoms with van der Waals surface area (Å²) in [7, 11) is -3.37. The number of pyridine rings is 1. The number of hydrogen-bond donors (Lipinski definition) is 1. The summed E-state index contributed by atoms with van der Waals surface area (Å²) >= 11 is 12.7. The van der Waals surface area contributed by atoms with Gasteiger partial charge in [0.15, 0.2) is 0 Å². The maximum Gasteiger partial charge on any atom is 0.211 e. The molecule has 7 rings (SSSR count). The lowest BCUT2D eigenvalue weighted by molar-refractivity contribution is 0.248. The van der Waals surface area contributed by atoms with Crippen molar-refractivity contribution in [2.45, 2.75) is 39.0 Å². The van der Waals surface area contributed by atoms with Gasteiger partial charge in [-0.25, -0.2) is 13.4 Å². The molecule has 2 aliphatic heterocycles. The van der Waals surface area contributed by atoms with Crippen molar-refractivity contribution in [2.75, 3.05) is 50.4 Å². The van der Waals surface area contributed by atoms with Gasteiger partial charge < -0.3 is 10.2 Å². The molecular weight excluding hydrogens is 725 g/mol. The quantitative estimate of drug-likeness (QED) is 0.154. The summed E-state index contributed by atoms with van der Waals surface area (Å²) in [5.74, 6) is 7.62. The average Bonchev–Trinajstić information content (AvgIpc) is 3.53. The molecule has 0 atom stereocenters. The third-order valence-corrected chi connectivity index (χ3v) is 11.7. The Morgan fingerprint density at radius 2 is 1.64 bits per heavy atom. The van der Waals surface area contributed by atoms with Gasteiger partial charge in [0.05, 0.1) is 17.0 Å². The Morgan fingerprint density at radius 3 is 2.42 bits per heavy atom. The molecule has 0 saturated carbocycles. The van der Waals surface area contributed by atoms with Crippen LogP contribution in [-0.2, 0) is 42.6 Å². The Morgan fingerprint density at radius 1 is 0.830 bits per heavy atom. The standard InChI is InChI=1S/C41H43Cl2N7O2S/c1-53(51,52)49-21-17-39-37(30-49)41(46-50(39)20-5-19-47-22-24-48(25-23-47)40-8-2-3-18-45-40)35-13-16-38(43)34(27-35)12-9-31-6-4-7-33(26-31)29-44-28-32-10-14-36(42)15-11-32/h2-4,6-8,10-11,13-16,18,26-27,44H,5,17,19-25,28-30H2,1H3. The molecule has 4 heterocycles. The van der Waals surface area contributed by atoms with Crippen molar-refractivity contribution in [1.29, 1.82) is 0 Å². The van der Waals surface area contributed by atoms with Crippen molar-refractivity contribution in [3.05, 3.63) is 135 Å². The Balaban J connectivity index is 1.05. The van der Waals surface area contributed by atoms with E-state index in [1.807, 2.05) is 72.9 Å². The number of halogens is 2. The molecule has 53 heavy (non-hydrogen) atoms. The molecule has 1 saturated heterocycles. The molecule has 1 fully saturated rings. The maximum absolute atomic E-state index is 12.6. The Labute approximate surface area is 322 Å². The van der Waals surface area contributed by atoms with Crippen molar-refractivity contribution >= 4 is 39.0 Å². The first-order valence-corrected chi connectivity index (χ1v) is 20.6. The number of aryl methyl sites for hydroxylation is 1. The molecular formula is C41H43Cl2N7O2S. The molecule has 0 amide bonds. The van der Waals surface area contributed by atoms with Gasteiger partial charge in [0.2, 0.25) is 10.0 Å². The zero-order valence-corrected chi connectivity index (χ0v) is 32.1. The van der Waals surface area contributed by atoms with E-state index >= 15 is 0 Å². The SMILES string of the molecule is CS(=O)(=O)N1CCc2c(c(-c3ccc(Cl)c(C#Cc4cccc(CNCc5ccc(Cl)cc5)c4)c3)nn2CCCN2CCN(c3ccccn3)CC2)C1. The third-order valence-electron chi connectivity index (χ3n) is 9.84. The van der Waals surface area contributed by atoms with E-state index in [4.69, 9.17) is 28.3 Å². The number of sulfonamides is 1. The van der Waals surface area contributed by atoms with Gasteiger partial charge in [-0.2, -0.15) is 9.40 Å². The molecule has 0 bridgehead atoms. The molecule has 3 aromatic carbocycles. The molecule has 0 radical (unpaired) electrons. The summed E-state index contributed by atoms with van der Waals surface area (Å²) in [6.07, 6.45) is 4.68. The fourth-order valence-corrected chi connectivity index (χ4v) is 8.05. The van der Waals surface area contributed by atoms with Crippen molar-refractivity contribution < 1.29 is 8.42 Å². The molecule has 274 valence electrons. The monoisotopic (exact) mass is 767 g/mol. The fraction of sp³-hybridized carbons (Fsp3) is 0.317. The zero-order chi connectivity index (χ0) is 36.8. The zero-order valence-electron chi connectivity index (χ0n) is 29.8. The number of anilines is 1. The van der Waals surface area contributed by atoms with Crippen molar-refractivity contribution in [3.63, 3.8) is 0 Å². The molecule has 2 aromatic heterocycles. The van der Waals surface area contributed by atoms with Crippen LogP contribution in [0.2, 0.25) is 10.0 Å². The van der Waals surface area contributed by atoms with Gasteiger partial charge in [-0.3, -0.25) is 9.58 Å². The van der Waals surface area contributed by atoms with Crippen molar-refractivity contribution in [2.24, 2.45) is 0 Å². The minimum atomic E-state index is -3.37. The molecule has 0 unspecified atom stereocenters. The van der Waals surface area contributed by atoms with Crippen LogP contribution in [0.15, 0.2) is 91.1 Å². The Kier molecular flexibility index (Phi) is 11.8.